The van der Waals surface area contributed by atoms with Crippen LogP contribution in [-0.2, 0) is 0 Å². The Morgan fingerprint density at radius 1 is 1.33 bits per heavy atom. The van der Waals surface area contributed by atoms with E-state index in [4.69, 9.17) is 0 Å². The second-order valence-electron chi connectivity index (χ2n) is 5.04. The first-order valence-electron chi connectivity index (χ1n) is 7.43. The second kappa shape index (κ2) is 7.64. The van der Waals surface area contributed by atoms with Gasteiger partial charge in [0.1, 0.15) is 5.01 Å². The summed E-state index contributed by atoms with van der Waals surface area (Å²) in [7, 11) is 0. The van der Waals surface area contributed by atoms with Crippen LogP contribution in [0.4, 0.5) is 0 Å². The Hall–Kier alpha value is -1.30. The van der Waals surface area contributed by atoms with E-state index in [1.165, 1.54) is 0 Å². The predicted octanol–water partition coefficient (Wildman–Crippen LogP) is 3.28. The molecule has 0 aliphatic heterocycles. The Bertz CT molecular complexity index is 552. The molecule has 2 heterocycles. The Kier molecular flexibility index (Phi) is 5.85. The lowest BCUT2D eigenvalue weighted by Crippen LogP contribution is -2.25. The first-order valence-corrected chi connectivity index (χ1v) is 8.25. The van der Waals surface area contributed by atoms with Crippen LogP contribution in [0.5, 0.6) is 0 Å². The van der Waals surface area contributed by atoms with E-state index in [0.717, 1.165) is 47.2 Å². The standard InChI is InChI=1S/C16H23N3OS/c1-4-19(5-2)10-8-14(20)15-12(3)18-16(21-15)13-7-6-9-17-11-13/h6-7,9,11,14,20H,4-5,8,10H2,1-3H3. The molecule has 1 N–H and O–H groups in total. The molecule has 0 fully saturated rings. The maximum absolute atomic E-state index is 10.4. The lowest BCUT2D eigenvalue weighted by molar-refractivity contribution is 0.147. The maximum atomic E-state index is 10.4. The number of rotatable bonds is 7. The molecule has 2 aromatic heterocycles. The zero-order valence-electron chi connectivity index (χ0n) is 12.9. The van der Waals surface area contributed by atoms with Crippen LogP contribution in [0.2, 0.25) is 0 Å². The molecule has 0 spiro atoms. The quantitative estimate of drug-likeness (QED) is 0.853. The van der Waals surface area contributed by atoms with Crippen LogP contribution in [0.3, 0.4) is 0 Å². The highest BCUT2D eigenvalue weighted by Gasteiger charge is 2.17. The third-order valence-corrected chi connectivity index (χ3v) is 4.96. The zero-order valence-corrected chi connectivity index (χ0v) is 13.7. The lowest BCUT2D eigenvalue weighted by Gasteiger charge is -2.19. The van der Waals surface area contributed by atoms with Crippen LogP contribution < -0.4 is 0 Å². The minimum absolute atomic E-state index is 0.437. The fourth-order valence-corrected chi connectivity index (χ4v) is 3.38. The summed E-state index contributed by atoms with van der Waals surface area (Å²) in [5.74, 6) is 0. The molecule has 4 nitrogen and oxygen atoms in total. The number of aromatic nitrogens is 2. The number of aliphatic hydroxyl groups is 1. The zero-order chi connectivity index (χ0) is 15.2. The Morgan fingerprint density at radius 3 is 2.71 bits per heavy atom. The van der Waals surface area contributed by atoms with Gasteiger partial charge in [0, 0.05) is 24.5 Å². The van der Waals surface area contributed by atoms with Crippen LogP contribution >= 0.6 is 11.3 Å². The summed E-state index contributed by atoms with van der Waals surface area (Å²) < 4.78 is 0. The smallest absolute Gasteiger partial charge is 0.125 e. The molecule has 0 amide bonds. The monoisotopic (exact) mass is 305 g/mol. The number of hydrogen-bond donors (Lipinski definition) is 1. The number of hydrogen-bond acceptors (Lipinski definition) is 5. The van der Waals surface area contributed by atoms with Crippen molar-refractivity contribution in [2.24, 2.45) is 0 Å². The third kappa shape index (κ3) is 4.09. The first kappa shape index (κ1) is 16.1. The molecule has 2 rings (SSSR count). The van der Waals surface area contributed by atoms with Gasteiger partial charge >= 0.3 is 0 Å². The van der Waals surface area contributed by atoms with Crippen molar-refractivity contribution < 1.29 is 5.11 Å². The molecular formula is C16H23N3OS. The van der Waals surface area contributed by atoms with Crippen molar-refractivity contribution >= 4 is 11.3 Å². The Morgan fingerprint density at radius 2 is 2.10 bits per heavy atom. The lowest BCUT2D eigenvalue weighted by atomic mass is 10.2. The van der Waals surface area contributed by atoms with Gasteiger partial charge in [-0.1, -0.05) is 13.8 Å². The number of pyridine rings is 1. The fourth-order valence-electron chi connectivity index (χ4n) is 2.31. The van der Waals surface area contributed by atoms with Crippen molar-refractivity contribution in [1.82, 2.24) is 14.9 Å². The highest BCUT2D eigenvalue weighted by molar-refractivity contribution is 7.15. The summed E-state index contributed by atoms with van der Waals surface area (Å²) >= 11 is 1.57. The van der Waals surface area contributed by atoms with E-state index < -0.39 is 6.10 Å². The van der Waals surface area contributed by atoms with Crippen molar-refractivity contribution in [3.05, 3.63) is 35.1 Å². The SMILES string of the molecule is CCN(CC)CCC(O)c1sc(-c2cccnc2)nc1C. The van der Waals surface area contributed by atoms with Crippen LogP contribution in [-0.4, -0.2) is 39.6 Å². The first-order chi connectivity index (χ1) is 10.2. The van der Waals surface area contributed by atoms with E-state index in [2.05, 4.69) is 28.7 Å². The minimum Gasteiger partial charge on any atom is -0.387 e. The summed E-state index contributed by atoms with van der Waals surface area (Å²) in [5, 5.41) is 11.4. The molecule has 114 valence electrons. The van der Waals surface area contributed by atoms with E-state index in [1.54, 1.807) is 17.5 Å². The number of aryl methyl sites for hydroxylation is 1. The van der Waals surface area contributed by atoms with Gasteiger partial charge < -0.3 is 10.0 Å². The summed E-state index contributed by atoms with van der Waals surface area (Å²) in [6, 6.07) is 3.90. The molecule has 1 atom stereocenters. The van der Waals surface area contributed by atoms with Gasteiger partial charge in [0.25, 0.3) is 0 Å². The highest BCUT2D eigenvalue weighted by atomic mass is 32.1. The van der Waals surface area contributed by atoms with Crippen molar-refractivity contribution in [1.29, 1.82) is 0 Å². The molecule has 1 unspecified atom stereocenters. The average molecular weight is 305 g/mol. The van der Waals surface area contributed by atoms with Crippen molar-refractivity contribution in [2.75, 3.05) is 19.6 Å². The van der Waals surface area contributed by atoms with Gasteiger partial charge in [-0.25, -0.2) is 4.98 Å². The molecule has 0 radical (unpaired) electrons. The third-order valence-electron chi connectivity index (χ3n) is 3.66. The van der Waals surface area contributed by atoms with E-state index in [-0.39, 0.29) is 0 Å². The molecular weight excluding hydrogens is 282 g/mol. The molecule has 0 saturated heterocycles. The van der Waals surface area contributed by atoms with Gasteiger partial charge in [0.05, 0.1) is 16.7 Å². The molecule has 5 heteroatoms. The van der Waals surface area contributed by atoms with Gasteiger partial charge in [-0.2, -0.15) is 0 Å². The molecule has 2 aromatic rings. The van der Waals surface area contributed by atoms with Gasteiger partial charge in [-0.3, -0.25) is 4.98 Å². The largest absolute Gasteiger partial charge is 0.387 e. The summed E-state index contributed by atoms with van der Waals surface area (Å²) in [4.78, 5) is 12.0. The molecule has 0 bridgehead atoms. The summed E-state index contributed by atoms with van der Waals surface area (Å²) in [6.07, 6.45) is 3.87. The topological polar surface area (TPSA) is 49.2 Å². The molecule has 0 aromatic carbocycles. The van der Waals surface area contributed by atoms with Gasteiger partial charge in [-0.05, 0) is 38.6 Å². The molecule has 0 aliphatic carbocycles. The van der Waals surface area contributed by atoms with E-state index >= 15 is 0 Å². The normalized spacial score (nSPS) is 12.8. The van der Waals surface area contributed by atoms with Crippen LogP contribution in [0, 0.1) is 6.92 Å². The van der Waals surface area contributed by atoms with Gasteiger partial charge in [-0.15, -0.1) is 11.3 Å². The van der Waals surface area contributed by atoms with Crippen molar-refractivity contribution in [3.63, 3.8) is 0 Å². The highest BCUT2D eigenvalue weighted by Crippen LogP contribution is 2.32. The molecule has 21 heavy (non-hydrogen) atoms. The Balaban J connectivity index is 2.08. The van der Waals surface area contributed by atoms with Crippen LogP contribution in [0.25, 0.3) is 10.6 Å². The number of aliphatic hydroxyl groups excluding tert-OH is 1. The molecule has 0 saturated carbocycles. The predicted molar refractivity (Wildman–Crippen MR) is 87.4 cm³/mol. The second-order valence-corrected chi connectivity index (χ2v) is 6.07. The van der Waals surface area contributed by atoms with E-state index in [1.807, 2.05) is 25.3 Å². The maximum Gasteiger partial charge on any atom is 0.125 e. The summed E-state index contributed by atoms with van der Waals surface area (Å²) in [6.45, 7) is 9.21. The van der Waals surface area contributed by atoms with E-state index in [0.29, 0.717) is 0 Å². The number of nitrogens with zero attached hydrogens (tertiary/aromatic N) is 3. The summed E-state index contributed by atoms with van der Waals surface area (Å²) in [5.41, 5.74) is 1.93. The van der Waals surface area contributed by atoms with Gasteiger partial charge in [0.2, 0.25) is 0 Å². The van der Waals surface area contributed by atoms with Crippen molar-refractivity contribution in [2.45, 2.75) is 33.3 Å². The van der Waals surface area contributed by atoms with Crippen LogP contribution in [0.15, 0.2) is 24.5 Å². The Labute approximate surface area is 130 Å². The average Bonchev–Trinajstić information content (AvgIpc) is 2.91. The number of thiazole rings is 1. The molecule has 0 aliphatic rings. The van der Waals surface area contributed by atoms with Gasteiger partial charge in [0.15, 0.2) is 0 Å². The fraction of sp³-hybridized carbons (Fsp3) is 0.500. The minimum atomic E-state index is -0.437. The van der Waals surface area contributed by atoms with Crippen LogP contribution in [0.1, 0.15) is 36.9 Å². The van der Waals surface area contributed by atoms with E-state index in [9.17, 15) is 5.11 Å². The van der Waals surface area contributed by atoms with Crippen molar-refractivity contribution in [3.8, 4) is 10.6 Å².